The third-order valence-electron chi connectivity index (χ3n) is 4.53. The van der Waals surface area contributed by atoms with Crippen LogP contribution in [-0.2, 0) is 17.5 Å². The van der Waals surface area contributed by atoms with E-state index in [1.807, 2.05) is 6.07 Å². The Labute approximate surface area is 166 Å². The molecule has 1 saturated heterocycles. The van der Waals surface area contributed by atoms with Crippen molar-refractivity contribution in [2.75, 3.05) is 18.5 Å². The Morgan fingerprint density at radius 2 is 2.00 bits per heavy atom. The van der Waals surface area contributed by atoms with Crippen molar-refractivity contribution < 1.29 is 23.0 Å². The largest absolute Gasteiger partial charge is 0.508 e. The van der Waals surface area contributed by atoms with Crippen molar-refractivity contribution in [1.29, 1.82) is 0 Å². The monoisotopic (exact) mass is 410 g/mol. The minimum absolute atomic E-state index is 0.00730. The van der Waals surface area contributed by atoms with Crippen LogP contribution >= 0.6 is 12.2 Å². The molecule has 1 aliphatic rings. The Hall–Kier alpha value is -2.32. The van der Waals surface area contributed by atoms with E-state index in [0.717, 1.165) is 25.0 Å². The molecular formula is C20H21F3N2O2S. The zero-order chi connectivity index (χ0) is 20.1. The lowest BCUT2D eigenvalue weighted by Crippen LogP contribution is -2.39. The number of phenols is 1. The van der Waals surface area contributed by atoms with E-state index in [4.69, 9.17) is 17.0 Å². The number of phenolic OH excluding ortho intramolecular Hbond substituents is 1. The van der Waals surface area contributed by atoms with Gasteiger partial charge in [0.05, 0.1) is 11.7 Å². The Kier molecular flexibility index (Phi) is 6.41. The molecule has 1 fully saturated rings. The highest BCUT2D eigenvalue weighted by Crippen LogP contribution is 2.31. The Bertz CT molecular complexity index is 823. The average Bonchev–Trinajstić information content (AvgIpc) is 3.15. The van der Waals surface area contributed by atoms with Gasteiger partial charge < -0.3 is 20.1 Å². The molecule has 8 heteroatoms. The number of anilines is 1. The molecule has 0 aromatic heterocycles. The number of para-hydroxylation sites is 1. The zero-order valence-corrected chi connectivity index (χ0v) is 15.9. The number of rotatable bonds is 5. The van der Waals surface area contributed by atoms with Crippen LogP contribution in [0.25, 0.3) is 0 Å². The second-order valence-electron chi connectivity index (χ2n) is 6.65. The maximum absolute atomic E-state index is 13.0. The molecule has 4 nitrogen and oxygen atoms in total. The maximum Gasteiger partial charge on any atom is 0.416 e. The average molecular weight is 410 g/mol. The number of thiocarbonyl (C=S) groups is 1. The van der Waals surface area contributed by atoms with Gasteiger partial charge in [0.1, 0.15) is 5.75 Å². The highest BCUT2D eigenvalue weighted by atomic mass is 32.1. The van der Waals surface area contributed by atoms with E-state index in [-0.39, 0.29) is 22.7 Å². The van der Waals surface area contributed by atoms with Crippen molar-refractivity contribution in [2.24, 2.45) is 0 Å². The number of nitrogens with zero attached hydrogens (tertiary/aromatic N) is 1. The van der Waals surface area contributed by atoms with E-state index in [1.54, 1.807) is 23.1 Å². The number of halogens is 3. The third-order valence-corrected chi connectivity index (χ3v) is 4.89. The summed E-state index contributed by atoms with van der Waals surface area (Å²) in [7, 11) is 0. The summed E-state index contributed by atoms with van der Waals surface area (Å²) in [6.45, 7) is 1.49. The predicted octanol–water partition coefficient (Wildman–Crippen LogP) is 4.79. The highest BCUT2D eigenvalue weighted by molar-refractivity contribution is 7.80. The first-order valence-electron chi connectivity index (χ1n) is 8.94. The van der Waals surface area contributed by atoms with Gasteiger partial charge in [0.25, 0.3) is 0 Å². The molecule has 2 N–H and O–H groups in total. The van der Waals surface area contributed by atoms with E-state index < -0.39 is 11.7 Å². The number of hydrogen-bond acceptors (Lipinski definition) is 3. The lowest BCUT2D eigenvalue weighted by atomic mass is 10.1. The molecular weight excluding hydrogens is 389 g/mol. The van der Waals surface area contributed by atoms with Gasteiger partial charge in [0.15, 0.2) is 5.11 Å². The van der Waals surface area contributed by atoms with Crippen molar-refractivity contribution >= 4 is 23.0 Å². The molecule has 1 aliphatic heterocycles. The van der Waals surface area contributed by atoms with Gasteiger partial charge in [-0.25, -0.2) is 0 Å². The van der Waals surface area contributed by atoms with E-state index in [2.05, 4.69) is 5.32 Å². The zero-order valence-electron chi connectivity index (χ0n) is 15.1. The fourth-order valence-corrected chi connectivity index (χ4v) is 3.34. The minimum Gasteiger partial charge on any atom is -0.508 e. The Morgan fingerprint density at radius 1 is 1.21 bits per heavy atom. The van der Waals surface area contributed by atoms with Crippen LogP contribution in [0, 0.1) is 0 Å². The number of benzene rings is 2. The lowest BCUT2D eigenvalue weighted by molar-refractivity contribution is -0.137. The maximum atomic E-state index is 13.0. The fraction of sp³-hybridized carbons (Fsp3) is 0.350. The topological polar surface area (TPSA) is 44.7 Å². The van der Waals surface area contributed by atoms with Gasteiger partial charge >= 0.3 is 6.18 Å². The van der Waals surface area contributed by atoms with Crippen LogP contribution in [-0.4, -0.2) is 34.4 Å². The van der Waals surface area contributed by atoms with Gasteiger partial charge in [0.2, 0.25) is 0 Å². The molecule has 150 valence electrons. The van der Waals surface area contributed by atoms with Crippen molar-refractivity contribution in [3.05, 3.63) is 59.7 Å². The number of ether oxygens (including phenoxy) is 1. The molecule has 2 aromatic rings. The summed E-state index contributed by atoms with van der Waals surface area (Å²) in [6.07, 6.45) is -2.58. The molecule has 0 saturated carbocycles. The number of aromatic hydroxyl groups is 1. The molecule has 0 spiro atoms. The van der Waals surface area contributed by atoms with Crippen LogP contribution < -0.4 is 5.32 Å². The first-order chi connectivity index (χ1) is 13.3. The minimum atomic E-state index is -4.42. The third kappa shape index (κ3) is 5.36. The van der Waals surface area contributed by atoms with Crippen LogP contribution in [0.1, 0.15) is 24.0 Å². The van der Waals surface area contributed by atoms with E-state index in [1.165, 1.54) is 12.1 Å². The van der Waals surface area contributed by atoms with Gasteiger partial charge in [-0.15, -0.1) is 0 Å². The predicted molar refractivity (Wildman–Crippen MR) is 105 cm³/mol. The summed E-state index contributed by atoms with van der Waals surface area (Å²) in [4.78, 5) is 1.81. The van der Waals surface area contributed by atoms with Crippen LogP contribution in [0.2, 0.25) is 0 Å². The molecule has 1 atom stereocenters. The molecule has 28 heavy (non-hydrogen) atoms. The lowest BCUT2D eigenvalue weighted by Gasteiger charge is -2.28. The summed E-state index contributed by atoms with van der Waals surface area (Å²) in [5, 5.41) is 13.2. The number of alkyl halides is 3. The number of hydrogen-bond donors (Lipinski definition) is 2. The standard InChI is InChI=1S/C20H21F3N2O2S/c21-20(22,23)15-6-3-7-16(11-15)24-19(28)25(13-17-8-4-10-27-17)12-14-5-1-2-9-18(14)26/h1-3,5-7,9,11,17,26H,4,8,10,12-13H2,(H,24,28)/t17-/m0/s1. The first-order valence-corrected chi connectivity index (χ1v) is 9.35. The van der Waals surface area contributed by atoms with Crippen molar-refractivity contribution in [2.45, 2.75) is 31.7 Å². The quantitative estimate of drug-likeness (QED) is 0.694. The van der Waals surface area contributed by atoms with Crippen molar-refractivity contribution in [1.82, 2.24) is 4.90 Å². The molecule has 3 rings (SSSR count). The smallest absolute Gasteiger partial charge is 0.416 e. The fourth-order valence-electron chi connectivity index (χ4n) is 3.08. The van der Waals surface area contributed by atoms with Crippen LogP contribution in [0.5, 0.6) is 5.75 Å². The van der Waals surface area contributed by atoms with Crippen LogP contribution in [0.3, 0.4) is 0 Å². The van der Waals surface area contributed by atoms with Crippen molar-refractivity contribution in [3.8, 4) is 5.75 Å². The molecule has 1 heterocycles. The summed E-state index contributed by atoms with van der Waals surface area (Å²) in [5.74, 6) is 0.140. The summed E-state index contributed by atoms with van der Waals surface area (Å²) >= 11 is 5.47. The Morgan fingerprint density at radius 3 is 2.68 bits per heavy atom. The first kappa shape index (κ1) is 20.4. The van der Waals surface area contributed by atoms with Gasteiger partial charge in [-0.05, 0) is 49.3 Å². The molecule has 0 amide bonds. The number of nitrogens with one attached hydrogen (secondary N) is 1. The van der Waals surface area contributed by atoms with Gasteiger partial charge in [-0.1, -0.05) is 24.3 Å². The summed E-state index contributed by atoms with van der Waals surface area (Å²) in [5.41, 5.74) is 0.190. The second-order valence-corrected chi connectivity index (χ2v) is 7.04. The van der Waals surface area contributed by atoms with E-state index in [9.17, 15) is 18.3 Å². The highest BCUT2D eigenvalue weighted by Gasteiger charge is 2.30. The molecule has 0 radical (unpaired) electrons. The summed E-state index contributed by atoms with van der Waals surface area (Å²) in [6, 6.07) is 11.8. The SMILES string of the molecule is Oc1ccccc1CN(C[C@@H]1CCCO1)C(=S)Nc1cccc(C(F)(F)F)c1. The van der Waals surface area contributed by atoms with Gasteiger partial charge in [-0.3, -0.25) is 0 Å². The van der Waals surface area contributed by atoms with E-state index >= 15 is 0 Å². The van der Waals surface area contributed by atoms with Crippen molar-refractivity contribution in [3.63, 3.8) is 0 Å². The molecule has 0 unspecified atom stereocenters. The molecule has 0 bridgehead atoms. The van der Waals surface area contributed by atoms with Crippen LogP contribution in [0.4, 0.5) is 18.9 Å². The van der Waals surface area contributed by atoms with Crippen LogP contribution in [0.15, 0.2) is 48.5 Å². The molecule has 0 aliphatic carbocycles. The normalized spacial score (nSPS) is 16.8. The Balaban J connectivity index is 1.77. The van der Waals surface area contributed by atoms with E-state index in [0.29, 0.717) is 25.3 Å². The van der Waals surface area contributed by atoms with Gasteiger partial charge in [-0.2, -0.15) is 13.2 Å². The summed E-state index contributed by atoms with van der Waals surface area (Å²) < 4.78 is 44.5. The second kappa shape index (κ2) is 8.79. The van der Waals surface area contributed by atoms with Gasteiger partial charge in [0, 0.05) is 30.9 Å². The molecule has 2 aromatic carbocycles.